The van der Waals surface area contributed by atoms with Crippen molar-refractivity contribution < 1.29 is 24.5 Å². The molecule has 3 aromatic heterocycles. The first kappa shape index (κ1) is 45.4. The molecule has 0 spiro atoms. The molecule has 0 fully saturated rings. The smallest absolute Gasteiger partial charge is 0.120 e. The van der Waals surface area contributed by atoms with Crippen LogP contribution in [0.3, 0.4) is 0 Å². The standard InChI is InChI=1S/C37H23N2O.C22H32NSi.Ir/c1-3-13-25(14-4-1)27-18-11-19-28(26-15-5-2-6-16-26)35(27)39-33-23-9-8-22-32(33)38-37(39)31-21-12-20-30-29-17-7-10-24-34(29)40-36(30)31;1-16(2)13-18-14-20(23-15-21(18)24(6,7)8)17-9-11-19(12-10-17)22(3,4)5;/h1-20,22-24H;9,11-12,14-16H,13H2,1-8H3;/q2*-1;. The number of nitrogens with zero attached hydrogens (tertiary/aromatic N) is 3. The maximum absolute atomic E-state index is 6.47. The monoisotopic (exact) mass is 1040 g/mol. The largest absolute Gasteiger partial charge is 0.501 e. The molecule has 327 valence electrons. The van der Waals surface area contributed by atoms with Crippen molar-refractivity contribution >= 4 is 46.2 Å². The van der Waals surface area contributed by atoms with E-state index in [4.69, 9.17) is 14.4 Å². The summed E-state index contributed by atoms with van der Waals surface area (Å²) in [6.45, 7) is 18.5. The second kappa shape index (κ2) is 18.7. The van der Waals surface area contributed by atoms with E-state index in [0.717, 1.165) is 90.0 Å². The van der Waals surface area contributed by atoms with Gasteiger partial charge in [0.15, 0.2) is 0 Å². The van der Waals surface area contributed by atoms with Crippen molar-refractivity contribution in [3.05, 3.63) is 193 Å². The molecule has 0 amide bonds. The second-order valence-electron chi connectivity index (χ2n) is 19.2. The van der Waals surface area contributed by atoms with Gasteiger partial charge in [-0.15, -0.1) is 53.6 Å². The Morgan fingerprint density at radius 3 is 1.97 bits per heavy atom. The minimum absolute atomic E-state index is 0. The number of rotatable bonds is 8. The molecular weight excluding hydrogens is 987 g/mol. The van der Waals surface area contributed by atoms with Crippen molar-refractivity contribution in [1.29, 1.82) is 0 Å². The number of furan rings is 1. The molecule has 10 rings (SSSR count). The van der Waals surface area contributed by atoms with Gasteiger partial charge in [-0.05, 0) is 58.0 Å². The molecule has 0 bridgehead atoms. The van der Waals surface area contributed by atoms with Gasteiger partial charge in [-0.3, -0.25) is 4.98 Å². The van der Waals surface area contributed by atoms with Crippen LogP contribution < -0.4 is 5.19 Å². The van der Waals surface area contributed by atoms with E-state index < -0.39 is 8.07 Å². The molecule has 0 aliphatic carbocycles. The van der Waals surface area contributed by atoms with Gasteiger partial charge in [0.05, 0.1) is 36.2 Å². The maximum Gasteiger partial charge on any atom is 0.120 e. The summed E-state index contributed by atoms with van der Waals surface area (Å²) in [6.07, 6.45) is 3.25. The van der Waals surface area contributed by atoms with Crippen LogP contribution >= 0.6 is 0 Å². The predicted molar refractivity (Wildman–Crippen MR) is 272 cm³/mol. The summed E-state index contributed by atoms with van der Waals surface area (Å²) in [5.41, 5.74) is 15.1. The van der Waals surface area contributed by atoms with E-state index in [0.29, 0.717) is 5.92 Å². The number of fused-ring (bicyclic) bond motifs is 4. The van der Waals surface area contributed by atoms with Crippen LogP contribution in [0.1, 0.15) is 45.7 Å². The van der Waals surface area contributed by atoms with E-state index in [1.807, 2.05) is 30.3 Å². The molecule has 0 saturated carbocycles. The Morgan fingerprint density at radius 2 is 1.34 bits per heavy atom. The molecule has 65 heavy (non-hydrogen) atoms. The fourth-order valence-electron chi connectivity index (χ4n) is 8.74. The van der Waals surface area contributed by atoms with Crippen molar-refractivity contribution in [2.45, 2.75) is 66.1 Å². The summed E-state index contributed by atoms with van der Waals surface area (Å²) in [7, 11) is -1.38. The SMILES string of the molecule is CC(C)Cc1cc(-c2[c-]cc(C(C)(C)C)cc2)ncc1[Si](C)(C)C.[Ir].[c-]1ccc2c(oc3ccccc32)c1-c1nc2ccccc2n1-c1c(-c2ccccc2)cccc1-c1ccccc1. The summed E-state index contributed by atoms with van der Waals surface area (Å²) in [5, 5.41) is 3.64. The van der Waals surface area contributed by atoms with Crippen LogP contribution in [-0.2, 0) is 31.9 Å². The van der Waals surface area contributed by atoms with E-state index in [9.17, 15) is 0 Å². The van der Waals surface area contributed by atoms with Gasteiger partial charge in [-0.1, -0.05) is 186 Å². The maximum atomic E-state index is 6.47. The fourth-order valence-corrected chi connectivity index (χ4v) is 10.3. The summed E-state index contributed by atoms with van der Waals surface area (Å²) in [4.78, 5) is 10.00. The number of benzene rings is 7. The first-order chi connectivity index (χ1) is 30.8. The predicted octanol–water partition coefficient (Wildman–Crippen LogP) is 15.3. The van der Waals surface area contributed by atoms with Gasteiger partial charge in [-0.25, -0.2) is 0 Å². The molecule has 1 radical (unpaired) electrons. The number of imidazole rings is 1. The van der Waals surface area contributed by atoms with Crippen molar-refractivity contribution in [3.8, 4) is 50.6 Å². The molecule has 3 heterocycles. The van der Waals surface area contributed by atoms with E-state index >= 15 is 0 Å². The van der Waals surface area contributed by atoms with Crippen LogP contribution in [0.15, 0.2) is 174 Å². The van der Waals surface area contributed by atoms with Gasteiger partial charge in [0.25, 0.3) is 0 Å². The molecule has 4 nitrogen and oxygen atoms in total. The normalized spacial score (nSPS) is 11.8. The minimum Gasteiger partial charge on any atom is -0.501 e. The van der Waals surface area contributed by atoms with Crippen molar-refractivity contribution in [2.24, 2.45) is 5.92 Å². The Hall–Kier alpha value is -6.17. The van der Waals surface area contributed by atoms with E-state index in [2.05, 4.69) is 211 Å². The van der Waals surface area contributed by atoms with Gasteiger partial charge < -0.3 is 14.0 Å². The molecule has 10 aromatic rings. The van der Waals surface area contributed by atoms with Gasteiger partial charge in [0, 0.05) is 42.8 Å². The van der Waals surface area contributed by atoms with Gasteiger partial charge in [-0.2, -0.15) is 0 Å². The number of para-hydroxylation sites is 4. The third kappa shape index (κ3) is 9.35. The van der Waals surface area contributed by atoms with Crippen molar-refractivity contribution in [3.63, 3.8) is 0 Å². The molecule has 0 saturated heterocycles. The van der Waals surface area contributed by atoms with Gasteiger partial charge in [0.2, 0.25) is 0 Å². The van der Waals surface area contributed by atoms with Crippen LogP contribution in [0.2, 0.25) is 19.6 Å². The second-order valence-corrected chi connectivity index (χ2v) is 24.2. The average molecular weight is 1040 g/mol. The summed E-state index contributed by atoms with van der Waals surface area (Å²) >= 11 is 0. The van der Waals surface area contributed by atoms with E-state index in [1.165, 1.54) is 16.3 Å². The quantitative estimate of drug-likeness (QED) is 0.113. The molecule has 0 N–H and O–H groups in total. The molecular formula is C59H55IrN3OSi-2. The van der Waals surface area contributed by atoms with Crippen LogP contribution in [0.4, 0.5) is 0 Å². The zero-order valence-electron chi connectivity index (χ0n) is 38.5. The van der Waals surface area contributed by atoms with Crippen LogP contribution in [-0.4, -0.2) is 22.6 Å². The van der Waals surface area contributed by atoms with Gasteiger partial charge >= 0.3 is 0 Å². The minimum atomic E-state index is -1.38. The van der Waals surface area contributed by atoms with Crippen molar-refractivity contribution in [2.75, 3.05) is 0 Å². The molecule has 0 unspecified atom stereocenters. The average Bonchev–Trinajstić information content (AvgIpc) is 3.88. The third-order valence-electron chi connectivity index (χ3n) is 11.9. The Bertz CT molecular complexity index is 3170. The zero-order chi connectivity index (χ0) is 44.6. The zero-order valence-corrected chi connectivity index (χ0v) is 41.9. The Kier molecular flexibility index (Phi) is 13.1. The van der Waals surface area contributed by atoms with Crippen LogP contribution in [0.25, 0.3) is 83.6 Å². The number of hydrogen-bond donors (Lipinski definition) is 0. The molecule has 0 aliphatic heterocycles. The van der Waals surface area contributed by atoms with E-state index in [-0.39, 0.29) is 25.5 Å². The number of aromatic nitrogens is 3. The number of hydrogen-bond acceptors (Lipinski definition) is 3. The Morgan fingerprint density at radius 1 is 0.692 bits per heavy atom. The van der Waals surface area contributed by atoms with Crippen molar-refractivity contribution in [1.82, 2.24) is 14.5 Å². The van der Waals surface area contributed by atoms with Crippen LogP contribution in [0.5, 0.6) is 0 Å². The van der Waals surface area contributed by atoms with Gasteiger partial charge in [0.1, 0.15) is 5.58 Å². The fraction of sp³-hybridized carbons (Fsp3) is 0.186. The molecule has 0 atom stereocenters. The summed E-state index contributed by atoms with van der Waals surface area (Å²) < 4.78 is 8.76. The van der Waals surface area contributed by atoms with Crippen LogP contribution in [0, 0.1) is 18.1 Å². The first-order valence-electron chi connectivity index (χ1n) is 22.4. The molecule has 0 aliphatic rings. The first-order valence-corrected chi connectivity index (χ1v) is 25.9. The third-order valence-corrected chi connectivity index (χ3v) is 14.0. The summed E-state index contributed by atoms with van der Waals surface area (Å²) in [6, 6.07) is 63.9. The molecule has 6 heteroatoms. The molecule has 7 aromatic carbocycles. The Balaban J connectivity index is 0.000000199. The van der Waals surface area contributed by atoms with E-state index in [1.54, 1.807) is 0 Å². The number of pyridine rings is 1. The topological polar surface area (TPSA) is 43.9 Å². The summed E-state index contributed by atoms with van der Waals surface area (Å²) in [5.74, 6) is 1.45. The Labute approximate surface area is 398 Å².